The molecular weight excluding hydrogens is 317 g/mol. The summed E-state index contributed by atoms with van der Waals surface area (Å²) in [5.74, 6) is -1.35. The van der Waals surface area contributed by atoms with Crippen LogP contribution < -0.4 is 10.6 Å². The maximum Gasteiger partial charge on any atom is 0.390 e. The molecule has 0 spiro atoms. The van der Waals surface area contributed by atoms with E-state index in [1.165, 1.54) is 18.2 Å². The number of aliphatic imine (C=N–C) groups is 1. The smallest absolute Gasteiger partial charge is 0.357 e. The van der Waals surface area contributed by atoms with Crippen LogP contribution in [0.1, 0.15) is 31.2 Å². The highest BCUT2D eigenvalue weighted by Crippen LogP contribution is 2.43. The first-order valence-corrected chi connectivity index (χ1v) is 7.37. The first-order chi connectivity index (χ1) is 10.8. The van der Waals surface area contributed by atoms with Gasteiger partial charge in [-0.3, -0.25) is 4.99 Å². The largest absolute Gasteiger partial charge is 0.390 e. The molecule has 0 aliphatic heterocycles. The molecule has 0 amide bonds. The van der Waals surface area contributed by atoms with Gasteiger partial charge in [-0.1, -0.05) is 6.07 Å². The summed E-state index contributed by atoms with van der Waals surface area (Å²) >= 11 is 0. The van der Waals surface area contributed by atoms with E-state index < -0.39 is 30.8 Å². The van der Waals surface area contributed by atoms with Crippen molar-refractivity contribution in [3.8, 4) is 0 Å². The normalized spacial score (nSPS) is 21.2. The summed E-state index contributed by atoms with van der Waals surface area (Å²) in [5.41, 5.74) is 0.0103. The SMILES string of the molecule is CCNC(=NCCC(F)(F)F)NC1CC1c1c(F)cccc1F. The van der Waals surface area contributed by atoms with Gasteiger partial charge >= 0.3 is 6.18 Å². The molecule has 1 fully saturated rings. The second-order valence-corrected chi connectivity index (χ2v) is 5.35. The van der Waals surface area contributed by atoms with Crippen LogP contribution in [0.4, 0.5) is 22.0 Å². The van der Waals surface area contributed by atoms with E-state index in [1.54, 1.807) is 6.92 Å². The number of benzene rings is 1. The molecule has 1 aliphatic rings. The Labute approximate surface area is 131 Å². The van der Waals surface area contributed by atoms with Crippen molar-refractivity contribution >= 4 is 5.96 Å². The third-order valence-electron chi connectivity index (χ3n) is 3.49. The fourth-order valence-electron chi connectivity index (χ4n) is 2.33. The van der Waals surface area contributed by atoms with Crippen LogP contribution in [0.3, 0.4) is 0 Å². The highest BCUT2D eigenvalue weighted by molar-refractivity contribution is 5.80. The van der Waals surface area contributed by atoms with E-state index in [4.69, 9.17) is 0 Å². The van der Waals surface area contributed by atoms with Crippen LogP contribution in [-0.4, -0.2) is 31.3 Å². The average molecular weight is 335 g/mol. The molecule has 23 heavy (non-hydrogen) atoms. The topological polar surface area (TPSA) is 36.4 Å². The molecule has 0 aromatic heterocycles. The molecule has 2 rings (SSSR count). The van der Waals surface area contributed by atoms with Crippen molar-refractivity contribution in [1.29, 1.82) is 0 Å². The number of alkyl halides is 3. The van der Waals surface area contributed by atoms with Gasteiger partial charge < -0.3 is 10.6 Å². The summed E-state index contributed by atoms with van der Waals surface area (Å²) in [6.07, 6.45) is -4.78. The quantitative estimate of drug-likeness (QED) is 0.492. The Morgan fingerprint density at radius 3 is 2.48 bits per heavy atom. The van der Waals surface area contributed by atoms with Crippen molar-refractivity contribution in [3.63, 3.8) is 0 Å². The van der Waals surface area contributed by atoms with E-state index in [1.807, 2.05) is 0 Å². The van der Waals surface area contributed by atoms with Gasteiger partial charge in [0, 0.05) is 24.1 Å². The molecule has 1 aromatic carbocycles. The second-order valence-electron chi connectivity index (χ2n) is 5.35. The summed E-state index contributed by atoms with van der Waals surface area (Å²) in [4.78, 5) is 3.84. The first-order valence-electron chi connectivity index (χ1n) is 7.37. The Balaban J connectivity index is 1.96. The van der Waals surface area contributed by atoms with Crippen molar-refractivity contribution in [3.05, 3.63) is 35.4 Å². The molecule has 3 nitrogen and oxygen atoms in total. The second kappa shape index (κ2) is 7.14. The van der Waals surface area contributed by atoms with Gasteiger partial charge in [0.1, 0.15) is 11.6 Å². The lowest BCUT2D eigenvalue weighted by molar-refractivity contribution is -0.132. The monoisotopic (exact) mass is 335 g/mol. The number of nitrogens with zero attached hydrogens (tertiary/aromatic N) is 1. The third kappa shape index (κ3) is 5.07. The highest BCUT2D eigenvalue weighted by atomic mass is 19.4. The summed E-state index contributed by atoms with van der Waals surface area (Å²) in [7, 11) is 0. The van der Waals surface area contributed by atoms with Gasteiger partial charge in [-0.05, 0) is 25.5 Å². The van der Waals surface area contributed by atoms with E-state index >= 15 is 0 Å². The molecule has 1 aliphatic carbocycles. The van der Waals surface area contributed by atoms with Crippen LogP contribution in [0.25, 0.3) is 0 Å². The van der Waals surface area contributed by atoms with Crippen LogP contribution in [0.5, 0.6) is 0 Å². The predicted octanol–water partition coefficient (Wildman–Crippen LogP) is 3.33. The zero-order valence-corrected chi connectivity index (χ0v) is 12.6. The summed E-state index contributed by atoms with van der Waals surface area (Å²) < 4.78 is 63.8. The van der Waals surface area contributed by atoms with Crippen molar-refractivity contribution in [2.45, 2.75) is 37.9 Å². The van der Waals surface area contributed by atoms with E-state index in [0.717, 1.165) is 0 Å². The lowest BCUT2D eigenvalue weighted by Gasteiger charge is -2.12. The molecule has 2 N–H and O–H groups in total. The van der Waals surface area contributed by atoms with Crippen molar-refractivity contribution in [1.82, 2.24) is 10.6 Å². The fourth-order valence-corrected chi connectivity index (χ4v) is 2.33. The molecular formula is C15H18F5N3. The van der Waals surface area contributed by atoms with Gasteiger partial charge in [-0.2, -0.15) is 13.2 Å². The molecule has 2 atom stereocenters. The van der Waals surface area contributed by atoms with E-state index in [-0.39, 0.29) is 23.5 Å². The highest BCUT2D eigenvalue weighted by Gasteiger charge is 2.42. The maximum absolute atomic E-state index is 13.7. The molecule has 1 saturated carbocycles. The number of hydrogen-bond acceptors (Lipinski definition) is 1. The fraction of sp³-hybridized carbons (Fsp3) is 0.533. The number of halogens is 5. The summed E-state index contributed by atoms with van der Waals surface area (Å²) in [6, 6.07) is 3.43. The van der Waals surface area contributed by atoms with Gasteiger partial charge in [0.05, 0.1) is 13.0 Å². The molecule has 128 valence electrons. The number of rotatable bonds is 5. The molecule has 0 heterocycles. The zero-order valence-electron chi connectivity index (χ0n) is 12.6. The van der Waals surface area contributed by atoms with E-state index in [2.05, 4.69) is 15.6 Å². The lowest BCUT2D eigenvalue weighted by atomic mass is 10.1. The minimum atomic E-state index is -4.26. The number of guanidine groups is 1. The van der Waals surface area contributed by atoms with Gasteiger partial charge in [-0.15, -0.1) is 0 Å². The minimum Gasteiger partial charge on any atom is -0.357 e. The maximum atomic E-state index is 13.7. The minimum absolute atomic E-state index is 0.0103. The Hall–Kier alpha value is -1.86. The molecule has 0 saturated heterocycles. The molecule has 0 radical (unpaired) electrons. The van der Waals surface area contributed by atoms with Gasteiger partial charge in [0.25, 0.3) is 0 Å². The van der Waals surface area contributed by atoms with Gasteiger partial charge in [0.15, 0.2) is 5.96 Å². The lowest BCUT2D eigenvalue weighted by Crippen LogP contribution is -2.39. The van der Waals surface area contributed by atoms with E-state index in [0.29, 0.717) is 13.0 Å². The van der Waals surface area contributed by atoms with Crippen LogP contribution in [0.15, 0.2) is 23.2 Å². The predicted molar refractivity (Wildman–Crippen MR) is 77.3 cm³/mol. The molecule has 8 heteroatoms. The number of nitrogens with one attached hydrogen (secondary N) is 2. The van der Waals surface area contributed by atoms with Crippen molar-refractivity contribution < 1.29 is 22.0 Å². The molecule has 2 unspecified atom stereocenters. The molecule has 1 aromatic rings. The standard InChI is InChI=1S/C15H18F5N3/c1-2-21-14(22-7-6-15(18,19)20)23-12-8-9(12)13-10(16)4-3-5-11(13)17/h3-5,9,12H,2,6-8H2,1H3,(H2,21,22,23). The Kier molecular flexibility index (Phi) is 5.43. The average Bonchev–Trinajstić information content (AvgIpc) is 3.16. The van der Waals surface area contributed by atoms with E-state index in [9.17, 15) is 22.0 Å². The Morgan fingerprint density at radius 1 is 1.26 bits per heavy atom. The zero-order chi connectivity index (χ0) is 17.0. The van der Waals surface area contributed by atoms with Crippen LogP contribution in [-0.2, 0) is 0 Å². The van der Waals surface area contributed by atoms with Crippen molar-refractivity contribution in [2.24, 2.45) is 4.99 Å². The van der Waals surface area contributed by atoms with Crippen LogP contribution in [0.2, 0.25) is 0 Å². The molecule has 0 bridgehead atoms. The summed E-state index contributed by atoms with van der Waals surface area (Å²) in [5, 5.41) is 5.74. The number of hydrogen-bond donors (Lipinski definition) is 2. The van der Waals surface area contributed by atoms with Crippen molar-refractivity contribution in [2.75, 3.05) is 13.1 Å². The van der Waals surface area contributed by atoms with Crippen LogP contribution in [0, 0.1) is 11.6 Å². The third-order valence-corrected chi connectivity index (χ3v) is 3.49. The Bertz CT molecular complexity index is 550. The van der Waals surface area contributed by atoms with Gasteiger partial charge in [-0.25, -0.2) is 8.78 Å². The first kappa shape index (κ1) is 17.5. The van der Waals surface area contributed by atoms with Crippen LogP contribution >= 0.6 is 0 Å². The Morgan fingerprint density at radius 2 is 1.91 bits per heavy atom. The summed E-state index contributed by atoms with van der Waals surface area (Å²) in [6.45, 7) is 1.86. The van der Waals surface area contributed by atoms with Gasteiger partial charge in [0.2, 0.25) is 0 Å².